The standard InChI is InChI=1S/C12H4Cl6O/c13-5-1-6(14)3-7(2-5)19-9-4-8(15)10(16)12(18)11(9)17/h1-4H. The van der Waals surface area contributed by atoms with Crippen LogP contribution < -0.4 is 4.74 Å². The van der Waals surface area contributed by atoms with E-state index in [0.717, 1.165) is 0 Å². The van der Waals surface area contributed by atoms with Gasteiger partial charge in [-0.05, 0) is 18.2 Å². The molecule has 0 aromatic heterocycles. The van der Waals surface area contributed by atoms with E-state index in [1.54, 1.807) is 18.2 Å². The van der Waals surface area contributed by atoms with Crippen molar-refractivity contribution in [3.63, 3.8) is 0 Å². The highest BCUT2D eigenvalue weighted by atomic mass is 35.5. The van der Waals surface area contributed by atoms with E-state index < -0.39 is 0 Å². The van der Waals surface area contributed by atoms with E-state index in [9.17, 15) is 0 Å². The van der Waals surface area contributed by atoms with Crippen LogP contribution in [0.1, 0.15) is 0 Å². The molecule has 0 saturated heterocycles. The number of rotatable bonds is 2. The fourth-order valence-corrected chi connectivity index (χ4v) is 2.67. The molecule has 2 rings (SSSR count). The van der Waals surface area contributed by atoms with Gasteiger partial charge in [0.2, 0.25) is 0 Å². The summed E-state index contributed by atoms with van der Waals surface area (Å²) in [4.78, 5) is 0. The molecule has 0 N–H and O–H groups in total. The molecule has 0 aliphatic rings. The third kappa shape index (κ3) is 3.55. The summed E-state index contributed by atoms with van der Waals surface area (Å²) in [6, 6.07) is 6.21. The molecule has 0 bridgehead atoms. The molecule has 0 radical (unpaired) electrons. The summed E-state index contributed by atoms with van der Waals surface area (Å²) in [5.74, 6) is 0.674. The zero-order valence-corrected chi connectivity index (χ0v) is 13.5. The fraction of sp³-hybridized carbons (Fsp3) is 0. The highest BCUT2D eigenvalue weighted by molar-refractivity contribution is 6.52. The number of ether oxygens (including phenoxy) is 1. The summed E-state index contributed by atoms with van der Waals surface area (Å²) in [5.41, 5.74) is 0. The van der Waals surface area contributed by atoms with Crippen molar-refractivity contribution in [1.82, 2.24) is 0 Å². The van der Waals surface area contributed by atoms with Gasteiger partial charge >= 0.3 is 0 Å². The average Bonchev–Trinajstić information content (AvgIpc) is 2.32. The Balaban J connectivity index is 2.44. The first kappa shape index (κ1) is 15.4. The smallest absolute Gasteiger partial charge is 0.149 e. The summed E-state index contributed by atoms with van der Waals surface area (Å²) in [5, 5.41) is 1.56. The minimum Gasteiger partial charge on any atom is -0.456 e. The zero-order chi connectivity index (χ0) is 14.2. The maximum atomic E-state index is 6.03. The quantitative estimate of drug-likeness (QED) is 0.392. The first-order valence-corrected chi connectivity index (χ1v) is 7.12. The summed E-state index contributed by atoms with van der Waals surface area (Å²) >= 11 is 35.5. The van der Waals surface area contributed by atoms with E-state index >= 15 is 0 Å². The van der Waals surface area contributed by atoms with E-state index in [-0.39, 0.29) is 25.8 Å². The molecule has 7 heteroatoms. The molecule has 0 aliphatic carbocycles. The number of hydrogen-bond acceptors (Lipinski definition) is 1. The van der Waals surface area contributed by atoms with Crippen molar-refractivity contribution in [2.45, 2.75) is 0 Å². The summed E-state index contributed by atoms with van der Waals surface area (Å²) < 4.78 is 5.56. The number of hydrogen-bond donors (Lipinski definition) is 0. The molecule has 1 nitrogen and oxygen atoms in total. The molecule has 0 aliphatic heterocycles. The SMILES string of the molecule is Clc1cc(Cl)cc(Oc2cc(Cl)c(Cl)c(Cl)c2Cl)c1. The van der Waals surface area contributed by atoms with Crippen LogP contribution in [0, 0.1) is 0 Å². The van der Waals surface area contributed by atoms with Gasteiger partial charge in [0.25, 0.3) is 0 Å². The molecular formula is C12H4Cl6O. The van der Waals surface area contributed by atoms with Gasteiger partial charge < -0.3 is 4.74 Å². The monoisotopic (exact) mass is 374 g/mol. The van der Waals surface area contributed by atoms with Crippen molar-refractivity contribution in [2.24, 2.45) is 0 Å². The van der Waals surface area contributed by atoms with E-state index in [0.29, 0.717) is 15.8 Å². The Hall–Kier alpha value is -0.0200. The molecule has 0 amide bonds. The largest absolute Gasteiger partial charge is 0.456 e. The fourth-order valence-electron chi connectivity index (χ4n) is 1.34. The van der Waals surface area contributed by atoms with Crippen LogP contribution in [-0.4, -0.2) is 0 Å². The van der Waals surface area contributed by atoms with Crippen molar-refractivity contribution in [1.29, 1.82) is 0 Å². The van der Waals surface area contributed by atoms with Crippen LogP contribution in [0.2, 0.25) is 30.1 Å². The molecule has 2 aromatic carbocycles. The summed E-state index contributed by atoms with van der Waals surface area (Å²) in [6.07, 6.45) is 0. The van der Waals surface area contributed by atoms with Crippen LogP contribution in [0.5, 0.6) is 11.5 Å². The van der Waals surface area contributed by atoms with E-state index in [2.05, 4.69) is 0 Å². The van der Waals surface area contributed by atoms with Gasteiger partial charge in [-0.3, -0.25) is 0 Å². The van der Waals surface area contributed by atoms with E-state index in [4.69, 9.17) is 74.3 Å². The lowest BCUT2D eigenvalue weighted by molar-refractivity contribution is 0.483. The normalized spacial score (nSPS) is 10.6. The Labute approximate surface area is 139 Å². The lowest BCUT2D eigenvalue weighted by Gasteiger charge is -2.11. The Morgan fingerprint density at radius 2 is 1.21 bits per heavy atom. The van der Waals surface area contributed by atoms with Gasteiger partial charge in [0.05, 0.1) is 15.1 Å². The highest BCUT2D eigenvalue weighted by Gasteiger charge is 2.15. The maximum Gasteiger partial charge on any atom is 0.149 e. The van der Waals surface area contributed by atoms with Gasteiger partial charge in [-0.1, -0.05) is 69.6 Å². The molecule has 100 valence electrons. The van der Waals surface area contributed by atoms with Crippen molar-refractivity contribution in [2.75, 3.05) is 0 Å². The predicted octanol–water partition coefficient (Wildman–Crippen LogP) is 7.40. The molecule has 0 atom stereocenters. The maximum absolute atomic E-state index is 6.03. The Bertz CT molecular complexity index is 620. The Morgan fingerprint density at radius 1 is 0.632 bits per heavy atom. The van der Waals surface area contributed by atoms with Crippen LogP contribution in [-0.2, 0) is 0 Å². The molecular weight excluding hydrogens is 373 g/mol. The first-order chi connectivity index (χ1) is 8.88. The van der Waals surface area contributed by atoms with Crippen molar-refractivity contribution < 1.29 is 4.74 Å². The average molecular weight is 377 g/mol. The van der Waals surface area contributed by atoms with Crippen LogP contribution in [0.3, 0.4) is 0 Å². The lowest BCUT2D eigenvalue weighted by Crippen LogP contribution is -1.87. The topological polar surface area (TPSA) is 9.23 Å². The number of benzene rings is 2. The van der Waals surface area contributed by atoms with E-state index in [1.165, 1.54) is 6.07 Å². The Morgan fingerprint density at radius 3 is 1.79 bits per heavy atom. The zero-order valence-electron chi connectivity index (χ0n) is 8.99. The molecule has 0 unspecified atom stereocenters. The van der Waals surface area contributed by atoms with Gasteiger partial charge in [-0.2, -0.15) is 0 Å². The van der Waals surface area contributed by atoms with E-state index in [1.807, 2.05) is 0 Å². The van der Waals surface area contributed by atoms with Gasteiger partial charge in [-0.25, -0.2) is 0 Å². The molecule has 19 heavy (non-hydrogen) atoms. The van der Waals surface area contributed by atoms with Gasteiger partial charge in [0.15, 0.2) is 0 Å². The predicted molar refractivity (Wildman–Crippen MR) is 83.0 cm³/mol. The summed E-state index contributed by atoms with van der Waals surface area (Å²) in [7, 11) is 0. The molecule has 0 fully saturated rings. The summed E-state index contributed by atoms with van der Waals surface area (Å²) in [6.45, 7) is 0. The van der Waals surface area contributed by atoms with Crippen LogP contribution >= 0.6 is 69.6 Å². The first-order valence-electron chi connectivity index (χ1n) is 4.85. The third-order valence-corrected chi connectivity index (χ3v) is 4.30. The molecule has 0 spiro atoms. The Kier molecular flexibility index (Phi) is 4.99. The van der Waals surface area contributed by atoms with Crippen molar-refractivity contribution in [3.05, 3.63) is 54.4 Å². The lowest BCUT2D eigenvalue weighted by atomic mass is 10.3. The van der Waals surface area contributed by atoms with Gasteiger partial charge in [0.1, 0.15) is 16.5 Å². The number of halogens is 6. The van der Waals surface area contributed by atoms with Crippen LogP contribution in [0.25, 0.3) is 0 Å². The van der Waals surface area contributed by atoms with Crippen LogP contribution in [0.4, 0.5) is 0 Å². The van der Waals surface area contributed by atoms with Crippen molar-refractivity contribution in [3.8, 4) is 11.5 Å². The van der Waals surface area contributed by atoms with Crippen LogP contribution in [0.15, 0.2) is 24.3 Å². The highest BCUT2D eigenvalue weighted by Crippen LogP contribution is 2.43. The minimum absolute atomic E-state index is 0.124. The second-order valence-corrected chi connectivity index (χ2v) is 5.92. The molecule has 0 heterocycles. The van der Waals surface area contributed by atoms with Gasteiger partial charge in [-0.15, -0.1) is 0 Å². The molecule has 2 aromatic rings. The molecule has 0 saturated carbocycles. The second-order valence-electron chi connectivity index (χ2n) is 3.51. The second kappa shape index (κ2) is 6.17. The van der Waals surface area contributed by atoms with Gasteiger partial charge in [0, 0.05) is 16.1 Å². The van der Waals surface area contributed by atoms with Crippen molar-refractivity contribution >= 4 is 69.6 Å². The minimum atomic E-state index is 0.124. The third-order valence-electron chi connectivity index (χ3n) is 2.13.